The number of esters is 1. The number of carbonyl (C=O) groups excluding carboxylic acids is 2. The van der Waals surface area contributed by atoms with Gasteiger partial charge in [-0.15, -0.1) is 0 Å². The van der Waals surface area contributed by atoms with Gasteiger partial charge in [0.2, 0.25) is 6.79 Å². The van der Waals surface area contributed by atoms with E-state index in [0.29, 0.717) is 43.4 Å². The second kappa shape index (κ2) is 8.38. The van der Waals surface area contributed by atoms with Crippen LogP contribution in [0.3, 0.4) is 0 Å². The molecular weight excluding hydrogens is 386 g/mol. The summed E-state index contributed by atoms with van der Waals surface area (Å²) in [6, 6.07) is 7.51. The smallest absolute Gasteiger partial charge is 0.309 e. The molecule has 1 aromatic heterocycles. The predicted octanol–water partition coefficient (Wildman–Crippen LogP) is 2.78. The van der Waals surface area contributed by atoms with E-state index < -0.39 is 0 Å². The van der Waals surface area contributed by atoms with Crippen LogP contribution in [0.1, 0.15) is 42.0 Å². The summed E-state index contributed by atoms with van der Waals surface area (Å²) in [6.07, 6.45) is 0.746. The first-order chi connectivity index (χ1) is 14.5. The molecule has 2 heterocycles. The average Bonchev–Trinajstić information content (AvgIpc) is 3.16. The second-order valence-electron chi connectivity index (χ2n) is 7.71. The molecule has 0 unspecified atom stereocenters. The molecule has 0 radical (unpaired) electrons. The highest BCUT2D eigenvalue weighted by atomic mass is 16.7. The predicted molar refractivity (Wildman–Crippen MR) is 108 cm³/mol. The van der Waals surface area contributed by atoms with E-state index in [2.05, 4.69) is 5.10 Å². The fourth-order valence-electron chi connectivity index (χ4n) is 3.87. The van der Waals surface area contributed by atoms with Gasteiger partial charge in [0.15, 0.2) is 11.5 Å². The van der Waals surface area contributed by atoms with Crippen molar-refractivity contribution in [3.63, 3.8) is 0 Å². The molecule has 1 aliphatic heterocycles. The van der Waals surface area contributed by atoms with E-state index >= 15 is 0 Å². The van der Waals surface area contributed by atoms with E-state index in [9.17, 15) is 9.59 Å². The number of nitrogens with zero attached hydrogens (tertiary/aromatic N) is 3. The Morgan fingerprint density at radius 1 is 1.23 bits per heavy atom. The lowest BCUT2D eigenvalue weighted by atomic mass is 10.1. The van der Waals surface area contributed by atoms with E-state index in [4.69, 9.17) is 14.2 Å². The average molecular weight is 413 g/mol. The lowest BCUT2D eigenvalue weighted by Crippen LogP contribution is -2.34. The van der Waals surface area contributed by atoms with Crippen LogP contribution in [0, 0.1) is 18.8 Å². The molecule has 1 aliphatic carbocycles. The van der Waals surface area contributed by atoms with Crippen LogP contribution in [-0.4, -0.2) is 46.5 Å². The van der Waals surface area contributed by atoms with Crippen molar-refractivity contribution in [3.8, 4) is 11.5 Å². The highest BCUT2D eigenvalue weighted by molar-refractivity contribution is 5.93. The van der Waals surface area contributed by atoms with Crippen LogP contribution in [0.15, 0.2) is 24.3 Å². The first-order valence-electron chi connectivity index (χ1n) is 10.4. The molecule has 2 aromatic rings. The van der Waals surface area contributed by atoms with Crippen molar-refractivity contribution in [1.82, 2.24) is 14.7 Å². The molecule has 1 aromatic carbocycles. The molecule has 0 saturated heterocycles. The fraction of sp³-hybridized carbons (Fsp3) is 0.500. The van der Waals surface area contributed by atoms with Crippen molar-refractivity contribution in [2.75, 3.05) is 19.9 Å². The molecule has 0 spiro atoms. The maximum atomic E-state index is 13.4. The van der Waals surface area contributed by atoms with Crippen molar-refractivity contribution in [2.24, 2.45) is 11.8 Å². The molecule has 0 bridgehead atoms. The van der Waals surface area contributed by atoms with Crippen LogP contribution < -0.4 is 9.47 Å². The number of hydrogen-bond acceptors (Lipinski definition) is 6. The second-order valence-corrected chi connectivity index (χ2v) is 7.71. The molecule has 1 amide bonds. The van der Waals surface area contributed by atoms with Gasteiger partial charge in [-0.05, 0) is 56.9 Å². The lowest BCUT2D eigenvalue weighted by molar-refractivity contribution is -0.145. The molecule has 8 nitrogen and oxygen atoms in total. The van der Waals surface area contributed by atoms with Crippen molar-refractivity contribution < 1.29 is 23.8 Å². The Morgan fingerprint density at radius 2 is 2.03 bits per heavy atom. The Morgan fingerprint density at radius 3 is 2.80 bits per heavy atom. The van der Waals surface area contributed by atoms with Crippen LogP contribution in [0.2, 0.25) is 0 Å². The normalized spacial score (nSPS) is 18.9. The Balaban J connectivity index is 1.55. The van der Waals surface area contributed by atoms with Gasteiger partial charge in [0.25, 0.3) is 5.91 Å². The van der Waals surface area contributed by atoms with E-state index in [-0.39, 0.29) is 30.5 Å². The van der Waals surface area contributed by atoms with E-state index in [1.807, 2.05) is 38.1 Å². The molecule has 2 aliphatic rings. The largest absolute Gasteiger partial charge is 0.466 e. The Bertz CT molecular complexity index is 954. The molecule has 30 heavy (non-hydrogen) atoms. The van der Waals surface area contributed by atoms with Gasteiger partial charge in [-0.25, -0.2) is 0 Å². The van der Waals surface area contributed by atoms with Gasteiger partial charge in [-0.2, -0.15) is 5.10 Å². The molecule has 2 atom stereocenters. The van der Waals surface area contributed by atoms with Gasteiger partial charge < -0.3 is 19.1 Å². The van der Waals surface area contributed by atoms with Gasteiger partial charge in [0, 0.05) is 19.6 Å². The van der Waals surface area contributed by atoms with Gasteiger partial charge in [-0.3, -0.25) is 14.3 Å². The maximum Gasteiger partial charge on any atom is 0.309 e. The van der Waals surface area contributed by atoms with Crippen molar-refractivity contribution in [1.29, 1.82) is 0 Å². The fourth-order valence-corrected chi connectivity index (χ4v) is 3.87. The van der Waals surface area contributed by atoms with Crippen molar-refractivity contribution in [3.05, 3.63) is 41.2 Å². The Kier molecular flexibility index (Phi) is 5.65. The first-order valence-corrected chi connectivity index (χ1v) is 10.4. The number of benzene rings is 1. The summed E-state index contributed by atoms with van der Waals surface area (Å²) in [7, 11) is 0. The summed E-state index contributed by atoms with van der Waals surface area (Å²) in [5, 5.41) is 4.41. The minimum Gasteiger partial charge on any atom is -0.466 e. The molecule has 1 fully saturated rings. The number of amides is 1. The van der Waals surface area contributed by atoms with E-state index in [1.54, 1.807) is 16.5 Å². The SMILES string of the molecule is CCOC(=O)[C@H]1C[C@@H]1CN(Cc1ccc2c(c1)OCO2)C(=O)c1cc(C)nn1CC. The Hall–Kier alpha value is -3.03. The monoisotopic (exact) mass is 413 g/mol. The zero-order chi connectivity index (χ0) is 21.3. The minimum atomic E-state index is -0.174. The molecule has 160 valence electrons. The van der Waals surface area contributed by atoms with Gasteiger partial charge in [0.1, 0.15) is 5.69 Å². The summed E-state index contributed by atoms with van der Waals surface area (Å²) in [4.78, 5) is 27.3. The molecule has 1 saturated carbocycles. The highest BCUT2D eigenvalue weighted by Crippen LogP contribution is 2.41. The molecule has 8 heteroatoms. The zero-order valence-corrected chi connectivity index (χ0v) is 17.6. The van der Waals surface area contributed by atoms with Crippen LogP contribution >= 0.6 is 0 Å². The van der Waals surface area contributed by atoms with E-state index in [0.717, 1.165) is 17.7 Å². The third kappa shape index (κ3) is 4.13. The summed E-state index contributed by atoms with van der Waals surface area (Å²) in [5.74, 6) is 1.11. The number of hydrogen-bond donors (Lipinski definition) is 0. The molecule has 4 rings (SSSR count). The summed E-state index contributed by atoms with van der Waals surface area (Å²) >= 11 is 0. The van der Waals surface area contributed by atoms with Gasteiger partial charge in [0.05, 0.1) is 18.2 Å². The lowest BCUT2D eigenvalue weighted by Gasteiger charge is -2.23. The van der Waals surface area contributed by atoms with Crippen LogP contribution in [0.4, 0.5) is 0 Å². The molecule has 0 N–H and O–H groups in total. The number of carbonyl (C=O) groups is 2. The van der Waals surface area contributed by atoms with Gasteiger partial charge >= 0.3 is 5.97 Å². The standard InChI is InChI=1S/C22H27N3O5/c1-4-25-18(8-14(3)23-25)21(26)24(12-16-10-17(16)22(27)28-5-2)11-15-6-7-19-20(9-15)30-13-29-19/h6-9,16-17H,4-5,10-13H2,1-3H3/t16-,17+/m1/s1. The zero-order valence-electron chi connectivity index (χ0n) is 17.6. The number of aromatic nitrogens is 2. The van der Waals surface area contributed by atoms with Crippen LogP contribution in [-0.2, 0) is 22.6 Å². The van der Waals surface area contributed by atoms with Crippen molar-refractivity contribution >= 4 is 11.9 Å². The van der Waals surface area contributed by atoms with Gasteiger partial charge in [-0.1, -0.05) is 6.07 Å². The highest BCUT2D eigenvalue weighted by Gasteiger charge is 2.45. The third-order valence-electron chi connectivity index (χ3n) is 5.49. The molecular formula is C22H27N3O5. The topological polar surface area (TPSA) is 82.9 Å². The van der Waals surface area contributed by atoms with E-state index in [1.165, 1.54) is 0 Å². The summed E-state index contributed by atoms with van der Waals surface area (Å²) in [6.45, 7) is 7.74. The number of aryl methyl sites for hydroxylation is 2. The summed E-state index contributed by atoms with van der Waals surface area (Å²) in [5.41, 5.74) is 2.31. The summed E-state index contributed by atoms with van der Waals surface area (Å²) < 4.78 is 17.7. The number of fused-ring (bicyclic) bond motifs is 1. The Labute approximate surface area is 175 Å². The third-order valence-corrected chi connectivity index (χ3v) is 5.49. The van der Waals surface area contributed by atoms with Crippen molar-refractivity contribution in [2.45, 2.75) is 40.3 Å². The maximum absolute atomic E-state index is 13.4. The minimum absolute atomic E-state index is 0.0929. The van der Waals surface area contributed by atoms with Crippen LogP contribution in [0.25, 0.3) is 0 Å². The number of ether oxygens (including phenoxy) is 3. The number of rotatable bonds is 8. The first kappa shape index (κ1) is 20.3. The quantitative estimate of drug-likeness (QED) is 0.619. The van der Waals surface area contributed by atoms with Crippen LogP contribution in [0.5, 0.6) is 11.5 Å².